The zero-order valence-electron chi connectivity index (χ0n) is 17.7. The predicted octanol–water partition coefficient (Wildman–Crippen LogP) is 7.20. The normalized spacial score (nSPS) is 18.2. The molecule has 14 heteroatoms. The minimum atomic E-state index is -6.28. The van der Waals surface area contributed by atoms with Crippen molar-refractivity contribution in [2.24, 2.45) is 0 Å². The molecule has 0 spiro atoms. The Kier molecular flexibility index (Phi) is 8.57. The van der Waals surface area contributed by atoms with Crippen LogP contribution >= 0.6 is 0 Å². The number of hydrogen-bond acceptors (Lipinski definition) is 2. The monoisotopic (exact) mass is 710 g/mol. The van der Waals surface area contributed by atoms with Gasteiger partial charge in [0.25, 0.3) is 5.92 Å². The molecule has 0 fully saturated rings. The van der Waals surface area contributed by atoms with Gasteiger partial charge in [0.15, 0.2) is 5.69 Å². The SMILES string of the molecule is FC1(F)[C-]=C(c2ccccn2)C(F)(F)C(F)(F)C1(F)F.[C-]#[N+]c1c(F)c[c-]c(-c2ccccn2)c1F.[Ir]. The average Bonchev–Trinajstić information content (AvgIpc) is 2.83. The van der Waals surface area contributed by atoms with Crippen LogP contribution in [0.5, 0.6) is 0 Å². The molecule has 0 amide bonds. The summed E-state index contributed by atoms with van der Waals surface area (Å²) in [5.74, 6) is -25.5. The zero-order chi connectivity index (χ0) is 26.9. The molecule has 1 aliphatic rings. The number of benzene rings is 1. The molecule has 0 atom stereocenters. The Morgan fingerprint density at radius 3 is 1.81 bits per heavy atom. The average molecular weight is 710 g/mol. The molecule has 0 bridgehead atoms. The Morgan fingerprint density at radius 2 is 1.32 bits per heavy atom. The Morgan fingerprint density at radius 1 is 0.784 bits per heavy atom. The predicted molar refractivity (Wildman–Crippen MR) is 105 cm³/mol. The van der Waals surface area contributed by atoms with E-state index in [0.29, 0.717) is 17.8 Å². The van der Waals surface area contributed by atoms with Crippen molar-refractivity contribution in [1.82, 2.24) is 9.97 Å². The molecule has 0 unspecified atom stereocenters. The molecule has 4 rings (SSSR count). The van der Waals surface area contributed by atoms with Crippen LogP contribution in [-0.2, 0) is 20.1 Å². The van der Waals surface area contributed by atoms with E-state index in [1.165, 1.54) is 12.3 Å². The molecule has 0 saturated carbocycles. The zero-order valence-corrected chi connectivity index (χ0v) is 20.0. The van der Waals surface area contributed by atoms with Crippen molar-refractivity contribution in [1.29, 1.82) is 0 Å². The Bertz CT molecular complexity index is 1320. The third-order valence-corrected chi connectivity index (χ3v) is 4.73. The summed E-state index contributed by atoms with van der Waals surface area (Å²) in [5.41, 5.74) is -3.33. The number of pyridine rings is 2. The molecule has 0 saturated heterocycles. The van der Waals surface area contributed by atoms with E-state index in [-0.39, 0.29) is 25.7 Å². The van der Waals surface area contributed by atoms with Crippen LogP contribution in [0.1, 0.15) is 5.69 Å². The van der Waals surface area contributed by atoms with Gasteiger partial charge in [-0.1, -0.05) is 23.9 Å². The van der Waals surface area contributed by atoms with Gasteiger partial charge in [-0.3, -0.25) is 13.6 Å². The molecule has 0 aliphatic heterocycles. The molecule has 3 nitrogen and oxygen atoms in total. The molecule has 197 valence electrons. The van der Waals surface area contributed by atoms with Gasteiger partial charge in [-0.25, -0.2) is 8.78 Å². The molecule has 1 radical (unpaired) electrons. The van der Waals surface area contributed by atoms with Crippen LogP contribution in [0.25, 0.3) is 21.7 Å². The van der Waals surface area contributed by atoms with Crippen LogP contribution in [0.4, 0.5) is 49.6 Å². The van der Waals surface area contributed by atoms with E-state index in [0.717, 1.165) is 18.3 Å². The van der Waals surface area contributed by atoms with Crippen LogP contribution in [0.3, 0.4) is 0 Å². The molecule has 1 aliphatic carbocycles. The summed E-state index contributed by atoms with van der Waals surface area (Å²) in [6, 6.07) is 11.3. The number of hydrogen-bond donors (Lipinski definition) is 0. The van der Waals surface area contributed by atoms with E-state index in [9.17, 15) is 43.9 Å². The van der Waals surface area contributed by atoms with Crippen molar-refractivity contribution in [2.45, 2.75) is 23.7 Å². The minimum Gasteiger partial charge on any atom is -0.351 e. The summed E-state index contributed by atoms with van der Waals surface area (Å²) in [5, 5.41) is 0. The van der Waals surface area contributed by atoms with Crippen LogP contribution in [0.2, 0.25) is 0 Å². The van der Waals surface area contributed by atoms with Gasteiger partial charge in [0.05, 0.1) is 6.57 Å². The molecule has 37 heavy (non-hydrogen) atoms. The summed E-state index contributed by atoms with van der Waals surface area (Å²) in [7, 11) is 0. The van der Waals surface area contributed by atoms with Crippen molar-refractivity contribution < 1.29 is 64.0 Å². The van der Waals surface area contributed by atoms with Gasteiger partial charge in [-0.15, -0.1) is 29.3 Å². The van der Waals surface area contributed by atoms with Crippen LogP contribution in [-0.4, -0.2) is 33.7 Å². The second kappa shape index (κ2) is 10.6. The number of allylic oxidation sites excluding steroid dienone is 2. The first-order valence-electron chi connectivity index (χ1n) is 9.46. The molecule has 2 aromatic heterocycles. The fraction of sp³-hybridized carbons (Fsp3) is 0.174. The smallest absolute Gasteiger partial charge is 0.351 e. The Labute approximate surface area is 216 Å². The number of nitrogens with zero attached hydrogens (tertiary/aromatic N) is 3. The van der Waals surface area contributed by atoms with Gasteiger partial charge in [0.2, 0.25) is 0 Å². The van der Waals surface area contributed by atoms with E-state index in [1.54, 1.807) is 18.2 Å². The standard InChI is InChI=1S/C12H5F2N2.C11H4F8N.Ir/c1-15-12-9(13)6-5-8(11(12)14)10-4-2-3-7-16-10;12-8(13)5-6(7-3-1-2-4-20-7)9(14,15)11(18,19)10(8,16)17;/h2-4,6-7H;1-4H;/q2*-1;. The first-order chi connectivity index (χ1) is 16.7. The summed E-state index contributed by atoms with van der Waals surface area (Å²) in [6.45, 7) is 6.70. The first kappa shape index (κ1) is 29.9. The van der Waals surface area contributed by atoms with E-state index in [2.05, 4.69) is 20.9 Å². The van der Waals surface area contributed by atoms with E-state index in [1.807, 2.05) is 0 Å². The second-order valence-electron chi connectivity index (χ2n) is 7.01. The third-order valence-electron chi connectivity index (χ3n) is 4.73. The largest absolute Gasteiger partial charge is 0.378 e. The van der Waals surface area contributed by atoms with Gasteiger partial charge in [-0.05, 0) is 17.8 Å². The molecular weight excluding hydrogens is 700 g/mol. The van der Waals surface area contributed by atoms with Gasteiger partial charge < -0.3 is 9.97 Å². The van der Waals surface area contributed by atoms with Crippen molar-refractivity contribution in [2.75, 3.05) is 0 Å². The molecule has 2 heterocycles. The van der Waals surface area contributed by atoms with Crippen molar-refractivity contribution in [3.05, 3.63) is 95.7 Å². The second-order valence-corrected chi connectivity index (χ2v) is 7.01. The van der Waals surface area contributed by atoms with Gasteiger partial charge >= 0.3 is 17.8 Å². The Hall–Kier alpha value is -3.30. The van der Waals surface area contributed by atoms with Gasteiger partial charge in [0.1, 0.15) is 0 Å². The number of alkyl halides is 8. The van der Waals surface area contributed by atoms with Crippen LogP contribution in [0.15, 0.2) is 54.9 Å². The number of halogens is 10. The topological polar surface area (TPSA) is 30.1 Å². The third kappa shape index (κ3) is 5.10. The summed E-state index contributed by atoms with van der Waals surface area (Å²) in [6.07, 6.45) is 2.84. The maximum Gasteiger partial charge on any atom is 0.378 e. The molecule has 0 N–H and O–H groups in total. The number of aromatic nitrogens is 2. The van der Waals surface area contributed by atoms with Gasteiger partial charge in [0, 0.05) is 44.1 Å². The van der Waals surface area contributed by atoms with E-state index < -0.39 is 52.3 Å². The Balaban J connectivity index is 0.000000259. The molecule has 3 aromatic rings. The van der Waals surface area contributed by atoms with Crippen molar-refractivity contribution in [3.63, 3.8) is 0 Å². The van der Waals surface area contributed by atoms with Gasteiger partial charge in [-0.2, -0.15) is 32.4 Å². The van der Waals surface area contributed by atoms with Crippen LogP contribution in [0, 0.1) is 30.3 Å². The molecule has 1 aromatic carbocycles. The minimum absolute atomic E-state index is 0. The quantitative estimate of drug-likeness (QED) is 0.208. The van der Waals surface area contributed by atoms with Crippen molar-refractivity contribution in [3.8, 4) is 11.3 Å². The summed E-state index contributed by atoms with van der Waals surface area (Å²) < 4.78 is 132. The summed E-state index contributed by atoms with van der Waals surface area (Å²) >= 11 is 0. The van der Waals surface area contributed by atoms with E-state index >= 15 is 0 Å². The van der Waals surface area contributed by atoms with Crippen molar-refractivity contribution >= 4 is 11.3 Å². The first-order valence-corrected chi connectivity index (χ1v) is 9.46. The number of rotatable bonds is 2. The molecular formula is C23H9F10IrN3-2. The summed E-state index contributed by atoms with van der Waals surface area (Å²) in [4.78, 5) is 9.91. The maximum absolute atomic E-state index is 13.7. The van der Waals surface area contributed by atoms with E-state index in [4.69, 9.17) is 6.57 Å². The maximum atomic E-state index is 13.7. The fourth-order valence-corrected chi connectivity index (χ4v) is 2.89. The van der Waals surface area contributed by atoms with Crippen LogP contribution < -0.4 is 0 Å². The fourth-order valence-electron chi connectivity index (χ4n) is 2.89.